The number of aliphatic hydroxyl groups is 1. The van der Waals surface area contributed by atoms with Crippen LogP contribution in [0.25, 0.3) is 0 Å². The highest BCUT2D eigenvalue weighted by Gasteiger charge is 2.43. The highest BCUT2D eigenvalue weighted by molar-refractivity contribution is 7.98. The molecular formula is C60H83N15O21S. The number of amides is 11. The number of hydrogen-bond acceptors (Lipinski definition) is 22. The second-order valence-electron chi connectivity index (χ2n) is 23.0. The molecule has 530 valence electrons. The number of phenols is 1. The molecule has 3 saturated heterocycles. The number of carboxylic acid groups (broad SMARTS) is 2. The number of benzene rings is 2. The number of guanidine groups is 1. The van der Waals surface area contributed by atoms with Gasteiger partial charge in [-0.1, -0.05) is 42.5 Å². The lowest BCUT2D eigenvalue weighted by atomic mass is 10.0. The first-order chi connectivity index (χ1) is 46.0. The minimum atomic E-state index is -2.24. The summed E-state index contributed by atoms with van der Waals surface area (Å²) in [7, 11) is 0. The zero-order chi connectivity index (χ0) is 71.6. The molecule has 13 atom stereocenters. The molecule has 3 heterocycles. The number of aliphatic hydroxyl groups excluding tert-OH is 1. The van der Waals surface area contributed by atoms with Gasteiger partial charge in [0.1, 0.15) is 84.9 Å². The van der Waals surface area contributed by atoms with Crippen LogP contribution in [0.4, 0.5) is 0 Å². The molecule has 0 aromatic heterocycles. The Balaban J connectivity index is 1.65. The minimum Gasteiger partial charge on any atom is -0.508 e. The summed E-state index contributed by atoms with van der Waals surface area (Å²) in [6.07, 6.45) is -4.69. The smallest absolute Gasteiger partial charge is 0.326 e. The summed E-state index contributed by atoms with van der Waals surface area (Å²) in [6.45, 7) is -0.399. The van der Waals surface area contributed by atoms with E-state index in [1.54, 1.807) is 36.6 Å². The van der Waals surface area contributed by atoms with Crippen LogP contribution in [0, 0.1) is 0 Å². The summed E-state index contributed by atoms with van der Waals surface area (Å²) in [5, 5.41) is 63.1. The van der Waals surface area contributed by atoms with Crippen molar-refractivity contribution in [1.82, 2.24) is 58.1 Å². The highest BCUT2D eigenvalue weighted by atomic mass is 32.2. The lowest BCUT2D eigenvalue weighted by Gasteiger charge is -2.31. The van der Waals surface area contributed by atoms with Crippen LogP contribution in [0.1, 0.15) is 82.8 Å². The third kappa shape index (κ3) is 24.5. The number of carbonyl (C=O) groups is 15. The average molecular weight is 1380 g/mol. The van der Waals surface area contributed by atoms with E-state index in [9.17, 15) is 87.5 Å². The third-order valence-electron chi connectivity index (χ3n) is 15.5. The van der Waals surface area contributed by atoms with E-state index in [0.29, 0.717) is 11.1 Å². The van der Waals surface area contributed by atoms with Crippen LogP contribution in [-0.4, -0.2) is 237 Å². The van der Waals surface area contributed by atoms with Crippen LogP contribution >= 0.6 is 11.8 Å². The molecule has 0 spiro atoms. The summed E-state index contributed by atoms with van der Waals surface area (Å²) >= 11 is 1.24. The maximum atomic E-state index is 15.1. The van der Waals surface area contributed by atoms with Crippen molar-refractivity contribution in [1.29, 1.82) is 0 Å². The number of aliphatic carboxylic acids is 2. The van der Waals surface area contributed by atoms with Crippen molar-refractivity contribution in [2.24, 2.45) is 22.2 Å². The van der Waals surface area contributed by atoms with Crippen LogP contribution in [0.3, 0.4) is 0 Å². The number of fused-ring (bicyclic) bond motifs is 4. The predicted octanol–water partition coefficient (Wildman–Crippen LogP) is -6.61. The number of phenolic OH excluding ortho intramolecular Hbond substituents is 1. The molecule has 36 nitrogen and oxygen atoms in total. The van der Waals surface area contributed by atoms with E-state index in [1.165, 1.54) is 43.0 Å². The van der Waals surface area contributed by atoms with Gasteiger partial charge in [0.25, 0.3) is 0 Å². The molecule has 97 heavy (non-hydrogen) atoms. The SMILES string of the molecule is CSCC[C@@H]1NC(=O)[C@@H](NC(=O)[C@H](C)NC(=O)[C@@H](N)Cc2ccccc2)[C@@H](C)OC(=O)C[C@@H]2NC(=O)[C@H](COC(=O)C[C@@H](C(=O)N[C@@H](CCC(=O)O)C(=O)O)NC(=O)[C@H](CO)NC2=O)NC(=O)[C@@H]2CCCN2C(=O)[C@H](Cc2ccc(O)cc2)NC(=O)[C@H](CCCN=C(N)N)NC1=O. The molecule has 11 amide bonds. The van der Waals surface area contributed by atoms with E-state index in [0.717, 1.165) is 11.8 Å². The first kappa shape index (κ1) is 77.5. The Morgan fingerprint density at radius 3 is 1.98 bits per heavy atom. The van der Waals surface area contributed by atoms with E-state index in [-0.39, 0.29) is 75.5 Å². The van der Waals surface area contributed by atoms with Gasteiger partial charge in [-0.3, -0.25) is 72.1 Å². The number of carboxylic acids is 2. The summed E-state index contributed by atoms with van der Waals surface area (Å²) in [5.74, 6) is -19.2. The van der Waals surface area contributed by atoms with E-state index in [4.69, 9.17) is 26.7 Å². The number of thioether (sulfide) groups is 1. The maximum absolute atomic E-state index is 15.1. The van der Waals surface area contributed by atoms with E-state index in [1.807, 2.05) is 5.32 Å². The quantitative estimate of drug-likeness (QED) is 0.0226. The highest BCUT2D eigenvalue weighted by Crippen LogP contribution is 2.22. The zero-order valence-electron chi connectivity index (χ0n) is 53.3. The van der Waals surface area contributed by atoms with Gasteiger partial charge >= 0.3 is 23.9 Å². The number of rotatable bonds is 22. The van der Waals surface area contributed by atoms with E-state index in [2.05, 4.69) is 52.8 Å². The molecular weight excluding hydrogens is 1300 g/mol. The van der Waals surface area contributed by atoms with Crippen molar-refractivity contribution in [3.63, 3.8) is 0 Å². The average Bonchev–Trinajstić information content (AvgIpc) is 1.78. The van der Waals surface area contributed by atoms with Crippen molar-refractivity contribution < 1.29 is 102 Å². The molecule has 20 N–H and O–H groups in total. The maximum Gasteiger partial charge on any atom is 0.326 e. The fourth-order valence-corrected chi connectivity index (χ4v) is 10.7. The molecule has 2 aromatic carbocycles. The van der Waals surface area contributed by atoms with Gasteiger partial charge in [0, 0.05) is 25.9 Å². The van der Waals surface area contributed by atoms with Gasteiger partial charge in [-0.05, 0) is 94.1 Å². The Labute approximate surface area is 559 Å². The second kappa shape index (κ2) is 37.8. The zero-order valence-corrected chi connectivity index (χ0v) is 54.1. The van der Waals surface area contributed by atoms with Gasteiger partial charge in [0.2, 0.25) is 65.0 Å². The largest absolute Gasteiger partial charge is 0.508 e. The van der Waals surface area contributed by atoms with Gasteiger partial charge in [0.05, 0.1) is 25.5 Å². The molecule has 0 aliphatic carbocycles. The number of aliphatic imine (C=N–C) groups is 1. The topological polar surface area (TPSA) is 569 Å². The number of hydrogen-bond donors (Lipinski definition) is 17. The molecule has 2 bridgehead atoms. The van der Waals surface area contributed by atoms with Crippen LogP contribution in [0.5, 0.6) is 5.75 Å². The lowest BCUT2D eigenvalue weighted by molar-refractivity contribution is -0.154. The van der Waals surface area contributed by atoms with Crippen LogP contribution < -0.4 is 70.4 Å². The summed E-state index contributed by atoms with van der Waals surface area (Å²) < 4.78 is 11.0. The van der Waals surface area contributed by atoms with E-state index < -0.39 is 206 Å². The van der Waals surface area contributed by atoms with Crippen LogP contribution in [0.2, 0.25) is 0 Å². The Hall–Kier alpha value is -10.2. The van der Waals surface area contributed by atoms with Crippen LogP contribution in [0.15, 0.2) is 59.6 Å². The monoisotopic (exact) mass is 1380 g/mol. The number of esters is 2. The molecule has 2 aromatic rings. The third-order valence-corrected chi connectivity index (χ3v) is 16.2. The van der Waals surface area contributed by atoms with Gasteiger partial charge in [-0.2, -0.15) is 11.8 Å². The number of nitrogens with one attached hydrogen (secondary N) is 10. The number of ether oxygens (including phenoxy) is 2. The molecule has 0 unspecified atom stereocenters. The molecule has 3 aliphatic heterocycles. The van der Waals surface area contributed by atoms with E-state index >= 15 is 4.79 Å². The number of aromatic hydroxyl groups is 1. The van der Waals surface area contributed by atoms with Gasteiger partial charge in [0.15, 0.2) is 5.96 Å². The fourth-order valence-electron chi connectivity index (χ4n) is 10.2. The van der Waals surface area contributed by atoms with Crippen molar-refractivity contribution in [3.05, 3.63) is 65.7 Å². The molecule has 0 radical (unpaired) electrons. The number of carbonyl (C=O) groups excluding carboxylic acids is 13. The van der Waals surface area contributed by atoms with Crippen molar-refractivity contribution in [2.45, 2.75) is 163 Å². The molecule has 0 saturated carbocycles. The normalized spacial score (nSPS) is 24.5. The number of cyclic esters (lactones) is 2. The Morgan fingerprint density at radius 2 is 1.34 bits per heavy atom. The van der Waals surface area contributed by atoms with Gasteiger partial charge in [-0.15, -0.1) is 0 Å². The first-order valence-corrected chi connectivity index (χ1v) is 32.2. The van der Waals surface area contributed by atoms with Gasteiger partial charge < -0.3 is 105 Å². The first-order valence-electron chi connectivity index (χ1n) is 30.8. The van der Waals surface area contributed by atoms with Gasteiger partial charge in [-0.25, -0.2) is 4.79 Å². The van der Waals surface area contributed by atoms with Crippen molar-refractivity contribution >= 4 is 107 Å². The van der Waals surface area contributed by atoms with Crippen molar-refractivity contribution in [3.8, 4) is 5.75 Å². The predicted molar refractivity (Wildman–Crippen MR) is 340 cm³/mol. The second-order valence-corrected chi connectivity index (χ2v) is 24.0. The summed E-state index contributed by atoms with van der Waals surface area (Å²) in [5.41, 5.74) is 18.4. The molecule has 3 aliphatic rings. The minimum absolute atomic E-state index is 0.0226. The summed E-state index contributed by atoms with van der Waals surface area (Å²) in [6, 6.07) is -7.33. The number of nitrogens with two attached hydrogens (primary N) is 3. The molecule has 5 rings (SSSR count). The Bertz CT molecular complexity index is 3230. The Kier molecular flexibility index (Phi) is 30.2. The Morgan fingerprint density at radius 1 is 0.722 bits per heavy atom. The molecule has 3 fully saturated rings. The number of nitrogens with zero attached hydrogens (tertiary/aromatic N) is 2. The lowest BCUT2D eigenvalue weighted by Crippen LogP contribution is -2.62. The molecule has 37 heteroatoms. The standard InChI is InChI=1S/C60H83N15O21S/c1-29(65-49(83)34(61)23-31-9-5-4-6-10-31)48(82)74-47-30(2)96-46(81)26-39-53(87)72-41(27-76)54(88)69-38(52(86)68-37(59(93)94)17-18-44(78)79)25-45(80)95-28-42(55(89)70-39)73-56(90)43-12-8-21-75(43)58(92)40(24-32-13-15-33(77)16-14-32)71-50(84)35(11-7-20-64-60(62)63)66-51(85)36(19-22-97-3)67-57(47)91/h4-6,9-10,13-16,29-30,34-43,47,76-77H,7-8,11-12,17-28,61H2,1-3H3,(H,65,83)(H,66,85)(H,67,91)(H,68,86)(H,69,88)(H,70,89)(H,71,84)(H,72,87)(H,73,90)(H,74,82)(H,78,79)(H,93,94)(H4,62,63,64)/t29-,30+,34-,35-,36-,37-,38-,39-,40-,41-,42-,43-,47-/m0/s1. The van der Waals surface area contributed by atoms with Crippen LogP contribution in [-0.2, 0) is 94.2 Å². The summed E-state index contributed by atoms with van der Waals surface area (Å²) in [4.78, 5) is 215. The fraction of sp³-hybridized carbons (Fsp3) is 0.533. The van der Waals surface area contributed by atoms with Crippen molar-refractivity contribution in [2.75, 3.05) is 38.3 Å².